The minimum atomic E-state index is -0.570. The average molecular weight is 489 g/mol. The largest absolute Gasteiger partial charge is 0.471 e. The molecule has 0 aliphatic carbocycles. The van der Waals surface area contributed by atoms with Crippen molar-refractivity contribution in [3.63, 3.8) is 0 Å². The van der Waals surface area contributed by atoms with E-state index in [4.69, 9.17) is 9.47 Å². The molecule has 4 heterocycles. The summed E-state index contributed by atoms with van der Waals surface area (Å²) < 4.78 is 30.4. The van der Waals surface area contributed by atoms with Crippen LogP contribution in [0.3, 0.4) is 0 Å². The van der Waals surface area contributed by atoms with Crippen LogP contribution in [0.5, 0.6) is 5.88 Å². The second-order valence-corrected chi connectivity index (χ2v) is 8.78. The van der Waals surface area contributed by atoms with Gasteiger partial charge in [0.25, 0.3) is 5.88 Å². The first-order valence-corrected chi connectivity index (χ1v) is 11.3. The Hall–Kier alpha value is -3.87. The lowest BCUT2D eigenvalue weighted by molar-refractivity contribution is -0.380. The van der Waals surface area contributed by atoms with E-state index < -0.39 is 22.9 Å². The van der Waals surface area contributed by atoms with Crippen LogP contribution in [0.2, 0.25) is 0 Å². The monoisotopic (exact) mass is 489 g/mol. The predicted molar refractivity (Wildman–Crippen MR) is 121 cm³/mol. The summed E-state index contributed by atoms with van der Waals surface area (Å²) in [7, 11) is 0. The van der Waals surface area contributed by atoms with Gasteiger partial charge in [-0.1, -0.05) is 0 Å². The molecule has 2 aromatic heterocycles. The van der Waals surface area contributed by atoms with Crippen molar-refractivity contribution in [2.24, 2.45) is 0 Å². The van der Waals surface area contributed by atoms with Crippen molar-refractivity contribution >= 4 is 38.8 Å². The molecule has 0 spiro atoms. The van der Waals surface area contributed by atoms with Crippen LogP contribution in [0.4, 0.5) is 30.6 Å². The Labute approximate surface area is 197 Å². The highest BCUT2D eigenvalue weighted by Gasteiger charge is 2.33. The van der Waals surface area contributed by atoms with Crippen molar-refractivity contribution in [3.8, 4) is 5.88 Å². The van der Waals surface area contributed by atoms with E-state index in [0.717, 1.165) is 16.3 Å². The molecule has 3 aromatic rings. The smallest absolute Gasteiger partial charge is 0.414 e. The fraction of sp³-hybridized carbons (Fsp3) is 0.333. The summed E-state index contributed by atoms with van der Waals surface area (Å²) in [6.45, 7) is 2.69. The molecular formula is C21H20FN5O6S. The van der Waals surface area contributed by atoms with E-state index in [2.05, 4.69) is 14.6 Å². The Morgan fingerprint density at radius 2 is 1.97 bits per heavy atom. The summed E-state index contributed by atoms with van der Waals surface area (Å²) in [4.78, 5) is 28.2. The lowest BCUT2D eigenvalue weighted by Crippen LogP contribution is -2.46. The van der Waals surface area contributed by atoms with E-state index in [1.54, 1.807) is 24.3 Å². The van der Waals surface area contributed by atoms with Crippen LogP contribution in [0.15, 0.2) is 47.2 Å². The number of benzene rings is 1. The Morgan fingerprint density at radius 1 is 1.18 bits per heavy atom. The number of amides is 1. The van der Waals surface area contributed by atoms with Crippen molar-refractivity contribution in [3.05, 3.63) is 58.6 Å². The first-order chi connectivity index (χ1) is 16.5. The molecule has 0 unspecified atom stereocenters. The summed E-state index contributed by atoms with van der Waals surface area (Å²) in [6, 6.07) is 9.46. The van der Waals surface area contributed by atoms with E-state index in [1.807, 2.05) is 4.90 Å². The fourth-order valence-electron chi connectivity index (χ4n) is 3.95. The molecule has 34 heavy (non-hydrogen) atoms. The third kappa shape index (κ3) is 4.46. The standard InChI is InChI=1S/C21H20FN5O6S/c22-16-11-14(26-12-15(33-21(26)28)13-31-18-5-10-32-23-18)1-2-17(16)24-6-8-25(9-7-24)19-3-4-20(34-19)27(29)30/h1-5,10-11,15H,6-9,12-13H2/t15-/m1/s1. The number of thiophene rings is 1. The van der Waals surface area contributed by atoms with Gasteiger partial charge in [-0.3, -0.25) is 15.0 Å². The first kappa shape index (κ1) is 21.9. The molecule has 0 radical (unpaired) electrons. The lowest BCUT2D eigenvalue weighted by Gasteiger charge is -2.36. The quantitative estimate of drug-likeness (QED) is 0.363. The van der Waals surface area contributed by atoms with Gasteiger partial charge < -0.3 is 23.8 Å². The van der Waals surface area contributed by atoms with Crippen LogP contribution in [0.25, 0.3) is 0 Å². The minimum absolute atomic E-state index is 0.103. The molecular weight excluding hydrogens is 469 g/mol. The van der Waals surface area contributed by atoms with E-state index in [-0.39, 0.29) is 18.2 Å². The minimum Gasteiger partial charge on any atom is -0.471 e. The SMILES string of the molecule is O=C1O[C@@H](COc2ccon2)CN1c1ccc(N2CCN(c3ccc([N+](=O)[O-])s3)CC2)c(F)c1. The number of anilines is 3. The summed E-state index contributed by atoms with van der Waals surface area (Å²) in [5, 5.41) is 15.5. The van der Waals surface area contributed by atoms with Crippen LogP contribution in [-0.2, 0) is 4.74 Å². The number of nitro groups is 1. The molecule has 5 rings (SSSR count). The van der Waals surface area contributed by atoms with E-state index in [9.17, 15) is 14.9 Å². The second-order valence-electron chi connectivity index (χ2n) is 7.74. The number of carbonyl (C=O) groups excluding carboxylic acids is 1. The van der Waals surface area contributed by atoms with Gasteiger partial charge in [0.1, 0.15) is 18.7 Å². The molecule has 0 saturated carbocycles. The van der Waals surface area contributed by atoms with Gasteiger partial charge in [0.05, 0.1) is 27.8 Å². The highest BCUT2D eigenvalue weighted by molar-refractivity contribution is 7.19. The number of hydrogen-bond acceptors (Lipinski definition) is 10. The van der Waals surface area contributed by atoms with Crippen molar-refractivity contribution in [2.45, 2.75) is 6.10 Å². The van der Waals surface area contributed by atoms with Crippen molar-refractivity contribution in [1.82, 2.24) is 5.16 Å². The van der Waals surface area contributed by atoms with Gasteiger partial charge in [-0.05, 0) is 40.8 Å². The molecule has 1 atom stereocenters. The van der Waals surface area contributed by atoms with Gasteiger partial charge >= 0.3 is 11.1 Å². The Bertz CT molecular complexity index is 1180. The van der Waals surface area contributed by atoms with Gasteiger partial charge in [0.15, 0.2) is 6.10 Å². The predicted octanol–water partition coefficient (Wildman–Crippen LogP) is 3.51. The summed E-state index contributed by atoms with van der Waals surface area (Å²) in [6.07, 6.45) is 0.286. The normalized spacial score (nSPS) is 18.3. The highest BCUT2D eigenvalue weighted by Crippen LogP contribution is 2.33. The topological polar surface area (TPSA) is 114 Å². The molecule has 1 amide bonds. The number of hydrogen-bond donors (Lipinski definition) is 0. The molecule has 0 bridgehead atoms. The molecule has 2 fully saturated rings. The van der Waals surface area contributed by atoms with E-state index in [1.165, 1.54) is 23.3 Å². The van der Waals surface area contributed by atoms with Crippen molar-refractivity contribution in [2.75, 3.05) is 54.0 Å². The molecule has 2 aliphatic rings. The molecule has 2 aliphatic heterocycles. The van der Waals surface area contributed by atoms with Gasteiger partial charge in [0, 0.05) is 38.3 Å². The summed E-state index contributed by atoms with van der Waals surface area (Å²) in [5.41, 5.74) is 0.846. The Kier molecular flexibility index (Phi) is 5.92. The zero-order valence-corrected chi connectivity index (χ0v) is 18.6. The Morgan fingerprint density at radius 3 is 2.65 bits per heavy atom. The van der Waals surface area contributed by atoms with Gasteiger partial charge in [-0.25, -0.2) is 9.18 Å². The number of piperazine rings is 1. The van der Waals surface area contributed by atoms with Gasteiger partial charge in [0.2, 0.25) is 0 Å². The number of aromatic nitrogens is 1. The van der Waals surface area contributed by atoms with Gasteiger partial charge in [-0.2, -0.15) is 0 Å². The number of ether oxygens (including phenoxy) is 2. The average Bonchev–Trinajstić information content (AvgIpc) is 3.59. The fourth-order valence-corrected chi connectivity index (χ4v) is 4.82. The Balaban J connectivity index is 1.19. The van der Waals surface area contributed by atoms with Crippen LogP contribution >= 0.6 is 11.3 Å². The number of nitrogens with zero attached hydrogens (tertiary/aromatic N) is 5. The zero-order valence-electron chi connectivity index (χ0n) is 17.8. The second kappa shape index (κ2) is 9.17. The molecule has 2 saturated heterocycles. The zero-order chi connectivity index (χ0) is 23.7. The van der Waals surface area contributed by atoms with Crippen LogP contribution in [-0.4, -0.2) is 61.6 Å². The van der Waals surface area contributed by atoms with Crippen LogP contribution in [0, 0.1) is 15.9 Å². The number of rotatable bonds is 7. The van der Waals surface area contributed by atoms with E-state index >= 15 is 4.39 Å². The summed E-state index contributed by atoms with van der Waals surface area (Å²) >= 11 is 1.13. The molecule has 11 nitrogen and oxygen atoms in total. The first-order valence-electron chi connectivity index (χ1n) is 10.5. The van der Waals surface area contributed by atoms with Crippen molar-refractivity contribution in [1.29, 1.82) is 0 Å². The maximum absolute atomic E-state index is 15.0. The van der Waals surface area contributed by atoms with Crippen LogP contribution < -0.4 is 19.4 Å². The molecule has 178 valence electrons. The number of cyclic esters (lactones) is 1. The lowest BCUT2D eigenvalue weighted by atomic mass is 10.2. The maximum Gasteiger partial charge on any atom is 0.414 e. The van der Waals surface area contributed by atoms with E-state index in [0.29, 0.717) is 43.4 Å². The maximum atomic E-state index is 15.0. The third-order valence-corrected chi connectivity index (χ3v) is 6.74. The van der Waals surface area contributed by atoms with Crippen molar-refractivity contribution < 1.29 is 28.1 Å². The molecule has 13 heteroatoms. The summed E-state index contributed by atoms with van der Waals surface area (Å²) in [5.74, 6) is -0.143. The van der Waals surface area contributed by atoms with Gasteiger partial charge in [-0.15, -0.1) is 0 Å². The number of carbonyl (C=O) groups is 1. The third-order valence-electron chi connectivity index (χ3n) is 5.64. The number of halogens is 1. The van der Waals surface area contributed by atoms with Crippen LogP contribution in [0.1, 0.15) is 0 Å². The molecule has 0 N–H and O–H groups in total. The molecule has 1 aromatic carbocycles. The highest BCUT2D eigenvalue weighted by atomic mass is 32.1.